The number of ether oxygens (including phenoxy) is 1. The summed E-state index contributed by atoms with van der Waals surface area (Å²) in [5.74, 6) is -0.392. The maximum absolute atomic E-state index is 11.7. The second-order valence-corrected chi connectivity index (χ2v) is 3.49. The summed E-state index contributed by atoms with van der Waals surface area (Å²) in [7, 11) is 1.36. The molecule has 0 aliphatic rings. The Hall–Kier alpha value is -2.17. The van der Waals surface area contributed by atoms with Gasteiger partial charge in [-0.2, -0.15) is 5.10 Å². The van der Waals surface area contributed by atoms with Gasteiger partial charge in [0.1, 0.15) is 11.3 Å². The quantitative estimate of drug-likeness (QED) is 0.818. The number of nitrogens with one attached hydrogen (secondary N) is 1. The van der Waals surface area contributed by atoms with Crippen molar-refractivity contribution in [3.05, 3.63) is 35.7 Å². The largest absolute Gasteiger partial charge is 0.465 e. The van der Waals surface area contributed by atoms with Gasteiger partial charge >= 0.3 is 5.97 Å². The number of nitrogens with zero attached hydrogens (tertiary/aromatic N) is 2. The number of hydrogen-bond donors (Lipinski definition) is 1. The maximum atomic E-state index is 11.7. The Kier molecular flexibility index (Phi) is 3.18. The van der Waals surface area contributed by atoms with Crippen LogP contribution in [0, 0.1) is 0 Å². The minimum atomic E-state index is -0.392. The molecule has 1 N–H and O–H groups in total. The number of aromatic nitrogens is 3. The highest BCUT2D eigenvalue weighted by atomic mass is 16.5. The number of methoxy groups -OCH3 is 1. The minimum Gasteiger partial charge on any atom is -0.465 e. The van der Waals surface area contributed by atoms with Gasteiger partial charge < -0.3 is 4.74 Å². The molecular weight excluding hydrogens is 218 g/mol. The molecule has 0 radical (unpaired) electrons. The normalized spacial score (nSPS) is 10.2. The molecule has 0 aromatic carbocycles. The summed E-state index contributed by atoms with van der Waals surface area (Å²) in [5.41, 5.74) is 2.42. The van der Waals surface area contributed by atoms with E-state index < -0.39 is 5.97 Å². The first-order chi connectivity index (χ1) is 8.27. The van der Waals surface area contributed by atoms with Crippen LogP contribution in [0.4, 0.5) is 0 Å². The molecule has 0 aliphatic carbocycles. The SMILES string of the molecule is CCc1[nH]nc(-c2ccccn2)c1C(=O)OC. The second-order valence-electron chi connectivity index (χ2n) is 3.49. The summed E-state index contributed by atoms with van der Waals surface area (Å²) in [4.78, 5) is 15.9. The van der Waals surface area contributed by atoms with Gasteiger partial charge in [-0.05, 0) is 18.6 Å². The van der Waals surface area contributed by atoms with Crippen molar-refractivity contribution < 1.29 is 9.53 Å². The summed E-state index contributed by atoms with van der Waals surface area (Å²) in [5, 5.41) is 6.98. The Morgan fingerprint density at radius 3 is 2.88 bits per heavy atom. The molecule has 88 valence electrons. The zero-order chi connectivity index (χ0) is 12.3. The fourth-order valence-corrected chi connectivity index (χ4v) is 1.64. The van der Waals surface area contributed by atoms with Crippen LogP contribution < -0.4 is 0 Å². The van der Waals surface area contributed by atoms with Crippen molar-refractivity contribution in [1.29, 1.82) is 0 Å². The third-order valence-electron chi connectivity index (χ3n) is 2.49. The van der Waals surface area contributed by atoms with Gasteiger partial charge in [0.2, 0.25) is 0 Å². The molecule has 5 nitrogen and oxygen atoms in total. The number of hydrogen-bond acceptors (Lipinski definition) is 4. The molecule has 0 amide bonds. The average molecular weight is 231 g/mol. The predicted octanol–water partition coefficient (Wildman–Crippen LogP) is 1.82. The van der Waals surface area contributed by atoms with Crippen molar-refractivity contribution in [2.24, 2.45) is 0 Å². The van der Waals surface area contributed by atoms with Gasteiger partial charge in [-0.25, -0.2) is 4.79 Å². The van der Waals surface area contributed by atoms with Crippen LogP contribution in [0.2, 0.25) is 0 Å². The number of rotatable bonds is 3. The van der Waals surface area contributed by atoms with E-state index in [1.807, 2.05) is 25.1 Å². The number of pyridine rings is 1. The highest BCUT2D eigenvalue weighted by molar-refractivity contribution is 5.96. The van der Waals surface area contributed by atoms with Crippen LogP contribution in [0.5, 0.6) is 0 Å². The Morgan fingerprint density at radius 1 is 1.47 bits per heavy atom. The van der Waals surface area contributed by atoms with Crippen molar-refractivity contribution >= 4 is 5.97 Å². The van der Waals surface area contributed by atoms with E-state index in [4.69, 9.17) is 4.74 Å². The lowest BCUT2D eigenvalue weighted by molar-refractivity contribution is 0.0600. The number of aromatic amines is 1. The molecule has 0 aliphatic heterocycles. The number of carbonyl (C=O) groups is 1. The first kappa shape index (κ1) is 11.3. The lowest BCUT2D eigenvalue weighted by atomic mass is 10.1. The van der Waals surface area contributed by atoms with Crippen molar-refractivity contribution in [3.63, 3.8) is 0 Å². The minimum absolute atomic E-state index is 0.392. The molecule has 0 saturated carbocycles. The van der Waals surface area contributed by atoms with E-state index in [0.717, 1.165) is 5.69 Å². The molecule has 0 unspecified atom stereocenters. The number of aryl methyl sites for hydroxylation is 1. The summed E-state index contributed by atoms with van der Waals surface area (Å²) in [6.07, 6.45) is 2.35. The Labute approximate surface area is 98.8 Å². The van der Waals surface area contributed by atoms with Gasteiger partial charge in [0.15, 0.2) is 0 Å². The zero-order valence-corrected chi connectivity index (χ0v) is 9.73. The summed E-state index contributed by atoms with van der Waals surface area (Å²) >= 11 is 0. The monoisotopic (exact) mass is 231 g/mol. The van der Waals surface area contributed by atoms with Gasteiger partial charge in [0.25, 0.3) is 0 Å². The first-order valence-electron chi connectivity index (χ1n) is 5.34. The third kappa shape index (κ3) is 2.04. The lowest BCUT2D eigenvalue weighted by Gasteiger charge is -2.01. The Balaban J connectivity index is 2.55. The van der Waals surface area contributed by atoms with Gasteiger partial charge in [0.05, 0.1) is 18.5 Å². The molecule has 0 bridgehead atoms. The average Bonchev–Trinajstić information content (AvgIpc) is 2.82. The number of esters is 1. The van der Waals surface area contributed by atoms with E-state index in [2.05, 4.69) is 15.2 Å². The fourth-order valence-electron chi connectivity index (χ4n) is 1.64. The topological polar surface area (TPSA) is 67.9 Å². The van der Waals surface area contributed by atoms with Crippen molar-refractivity contribution in [2.75, 3.05) is 7.11 Å². The highest BCUT2D eigenvalue weighted by Gasteiger charge is 2.21. The maximum Gasteiger partial charge on any atom is 0.342 e. The molecule has 2 aromatic rings. The van der Waals surface area contributed by atoms with E-state index in [0.29, 0.717) is 23.4 Å². The number of H-pyrrole nitrogens is 1. The van der Waals surface area contributed by atoms with E-state index in [-0.39, 0.29) is 0 Å². The van der Waals surface area contributed by atoms with Gasteiger partial charge in [-0.1, -0.05) is 13.0 Å². The summed E-state index contributed by atoms with van der Waals surface area (Å²) in [6, 6.07) is 5.47. The first-order valence-corrected chi connectivity index (χ1v) is 5.34. The van der Waals surface area contributed by atoms with Crippen molar-refractivity contribution in [3.8, 4) is 11.4 Å². The van der Waals surface area contributed by atoms with Crippen LogP contribution in [0.1, 0.15) is 23.0 Å². The van der Waals surface area contributed by atoms with Crippen LogP contribution in [-0.2, 0) is 11.2 Å². The highest BCUT2D eigenvalue weighted by Crippen LogP contribution is 2.22. The summed E-state index contributed by atoms with van der Waals surface area (Å²) in [6.45, 7) is 1.95. The van der Waals surface area contributed by atoms with Crippen molar-refractivity contribution in [1.82, 2.24) is 15.2 Å². The van der Waals surface area contributed by atoms with E-state index in [9.17, 15) is 4.79 Å². The predicted molar refractivity (Wildman–Crippen MR) is 62.5 cm³/mol. The number of carbonyl (C=O) groups excluding carboxylic acids is 1. The van der Waals surface area contributed by atoms with Crippen LogP contribution in [-0.4, -0.2) is 28.3 Å². The van der Waals surface area contributed by atoms with Crippen LogP contribution in [0.15, 0.2) is 24.4 Å². The van der Waals surface area contributed by atoms with Crippen LogP contribution >= 0.6 is 0 Å². The standard InChI is InChI=1S/C12H13N3O2/c1-3-8-10(12(16)17-2)11(15-14-8)9-6-4-5-7-13-9/h4-7H,3H2,1-2H3,(H,14,15). The molecule has 0 spiro atoms. The van der Waals surface area contributed by atoms with Crippen molar-refractivity contribution in [2.45, 2.75) is 13.3 Å². The molecule has 2 rings (SSSR count). The molecule has 2 heterocycles. The second kappa shape index (κ2) is 4.78. The van der Waals surface area contributed by atoms with E-state index >= 15 is 0 Å². The lowest BCUT2D eigenvalue weighted by Crippen LogP contribution is -2.05. The van der Waals surface area contributed by atoms with Crippen LogP contribution in [0.25, 0.3) is 11.4 Å². The van der Waals surface area contributed by atoms with Gasteiger partial charge in [0, 0.05) is 6.20 Å². The van der Waals surface area contributed by atoms with Gasteiger partial charge in [-0.15, -0.1) is 0 Å². The van der Waals surface area contributed by atoms with Gasteiger partial charge in [-0.3, -0.25) is 10.1 Å². The smallest absolute Gasteiger partial charge is 0.342 e. The Bertz CT molecular complexity index is 520. The van der Waals surface area contributed by atoms with Crippen LogP contribution in [0.3, 0.4) is 0 Å². The molecule has 5 heteroatoms. The fraction of sp³-hybridized carbons (Fsp3) is 0.250. The zero-order valence-electron chi connectivity index (χ0n) is 9.73. The summed E-state index contributed by atoms with van der Waals surface area (Å²) < 4.78 is 4.77. The molecule has 0 fully saturated rings. The molecule has 0 saturated heterocycles. The molecule has 0 atom stereocenters. The molecular formula is C12H13N3O2. The van der Waals surface area contributed by atoms with E-state index in [1.165, 1.54) is 7.11 Å². The molecule has 2 aromatic heterocycles. The Morgan fingerprint density at radius 2 is 2.29 bits per heavy atom. The molecule has 17 heavy (non-hydrogen) atoms. The van der Waals surface area contributed by atoms with E-state index in [1.54, 1.807) is 6.20 Å². The third-order valence-corrected chi connectivity index (χ3v) is 2.49.